The minimum absolute atomic E-state index is 0.00870. The molecule has 2 amide bonds. The van der Waals surface area contributed by atoms with Gasteiger partial charge in [-0.15, -0.1) is 0 Å². The maximum absolute atomic E-state index is 11.7. The molecular weight excluding hydrogens is 182 g/mol. The molecule has 1 heterocycles. The van der Waals surface area contributed by atoms with Crippen molar-refractivity contribution in [3.63, 3.8) is 0 Å². The zero-order chi connectivity index (χ0) is 10.7. The summed E-state index contributed by atoms with van der Waals surface area (Å²) in [5.41, 5.74) is 5.15. The Labute approximate surface area is 83.6 Å². The van der Waals surface area contributed by atoms with E-state index in [0.717, 1.165) is 0 Å². The van der Waals surface area contributed by atoms with Gasteiger partial charge in [0.25, 0.3) is 0 Å². The number of hydrogen-bond acceptors (Lipinski definition) is 3. The van der Waals surface area contributed by atoms with Gasteiger partial charge in [-0.05, 0) is 13.5 Å². The number of nitrogens with zero attached hydrogens (tertiary/aromatic N) is 1. The first-order valence-corrected chi connectivity index (χ1v) is 4.82. The van der Waals surface area contributed by atoms with Gasteiger partial charge in [-0.3, -0.25) is 9.59 Å². The molecule has 0 spiro atoms. The van der Waals surface area contributed by atoms with Crippen LogP contribution in [0.25, 0.3) is 0 Å². The number of amides is 2. The first-order valence-electron chi connectivity index (χ1n) is 4.82. The van der Waals surface area contributed by atoms with Gasteiger partial charge in [0.1, 0.15) is 6.04 Å². The van der Waals surface area contributed by atoms with Crippen molar-refractivity contribution >= 4 is 11.8 Å². The Balaban J connectivity index is 2.49. The van der Waals surface area contributed by atoms with Crippen LogP contribution in [-0.2, 0) is 9.59 Å². The van der Waals surface area contributed by atoms with Gasteiger partial charge in [0.15, 0.2) is 0 Å². The second-order valence-electron chi connectivity index (χ2n) is 3.70. The molecule has 0 aliphatic carbocycles. The molecule has 3 N–H and O–H groups in total. The zero-order valence-corrected chi connectivity index (χ0v) is 8.62. The summed E-state index contributed by atoms with van der Waals surface area (Å²) in [4.78, 5) is 24.2. The number of nitrogens with one attached hydrogen (secondary N) is 1. The van der Waals surface area contributed by atoms with Crippen molar-refractivity contribution < 1.29 is 9.59 Å². The van der Waals surface area contributed by atoms with E-state index in [1.165, 1.54) is 0 Å². The molecule has 0 aromatic carbocycles. The molecule has 2 atom stereocenters. The van der Waals surface area contributed by atoms with E-state index in [1.54, 1.807) is 11.9 Å². The first-order chi connectivity index (χ1) is 6.57. The molecule has 1 aliphatic heterocycles. The van der Waals surface area contributed by atoms with Crippen molar-refractivity contribution in [1.82, 2.24) is 10.2 Å². The van der Waals surface area contributed by atoms with Crippen LogP contribution in [0.3, 0.4) is 0 Å². The lowest BCUT2D eigenvalue weighted by molar-refractivity contribution is -0.148. The fraction of sp³-hybridized carbons (Fsp3) is 0.778. The van der Waals surface area contributed by atoms with E-state index in [4.69, 9.17) is 5.73 Å². The standard InChI is InChI=1S/C9H17N3O2/c1-6(5-11-2)9(14)12-4-3-7(12)8(10)13/h6-7,11H,3-5H2,1-2H3,(H2,10,13). The van der Waals surface area contributed by atoms with E-state index in [2.05, 4.69) is 5.32 Å². The fourth-order valence-corrected chi connectivity index (χ4v) is 1.62. The first kappa shape index (κ1) is 11.0. The van der Waals surface area contributed by atoms with Crippen molar-refractivity contribution in [2.45, 2.75) is 19.4 Å². The number of rotatable bonds is 4. The Kier molecular flexibility index (Phi) is 3.46. The maximum atomic E-state index is 11.7. The lowest BCUT2D eigenvalue weighted by atomic mass is 9.99. The van der Waals surface area contributed by atoms with Gasteiger partial charge in [0, 0.05) is 19.0 Å². The average Bonchev–Trinajstić information content (AvgIpc) is 2.01. The molecule has 1 aliphatic rings. The molecule has 0 saturated carbocycles. The van der Waals surface area contributed by atoms with Crippen molar-refractivity contribution in [2.24, 2.45) is 11.7 Å². The van der Waals surface area contributed by atoms with E-state index in [0.29, 0.717) is 19.5 Å². The second kappa shape index (κ2) is 4.41. The topological polar surface area (TPSA) is 75.4 Å². The largest absolute Gasteiger partial charge is 0.368 e. The normalized spacial score (nSPS) is 22.7. The van der Waals surface area contributed by atoms with Crippen LogP contribution in [0, 0.1) is 5.92 Å². The summed E-state index contributed by atoms with van der Waals surface area (Å²) < 4.78 is 0. The van der Waals surface area contributed by atoms with E-state index in [-0.39, 0.29) is 17.9 Å². The Bertz CT molecular complexity index is 242. The molecule has 14 heavy (non-hydrogen) atoms. The predicted octanol–water partition coefficient (Wildman–Crippen LogP) is -1.07. The summed E-state index contributed by atoms with van der Waals surface area (Å²) >= 11 is 0. The highest BCUT2D eigenvalue weighted by atomic mass is 16.2. The van der Waals surface area contributed by atoms with Crippen LogP contribution in [0.4, 0.5) is 0 Å². The number of carbonyl (C=O) groups excluding carboxylic acids is 2. The van der Waals surface area contributed by atoms with Crippen LogP contribution < -0.4 is 11.1 Å². The van der Waals surface area contributed by atoms with Gasteiger partial charge in [-0.25, -0.2) is 0 Å². The molecule has 1 fully saturated rings. The van der Waals surface area contributed by atoms with Crippen LogP contribution in [-0.4, -0.2) is 42.9 Å². The van der Waals surface area contributed by atoms with Crippen molar-refractivity contribution in [2.75, 3.05) is 20.1 Å². The van der Waals surface area contributed by atoms with E-state index < -0.39 is 5.91 Å². The van der Waals surface area contributed by atoms with Crippen LogP contribution >= 0.6 is 0 Å². The molecule has 1 rings (SSSR count). The summed E-state index contributed by atoms with van der Waals surface area (Å²) in [7, 11) is 1.80. The highest BCUT2D eigenvalue weighted by Gasteiger charge is 2.37. The third kappa shape index (κ3) is 2.04. The van der Waals surface area contributed by atoms with E-state index >= 15 is 0 Å². The SMILES string of the molecule is CNCC(C)C(=O)N1CCC1C(N)=O. The van der Waals surface area contributed by atoms with Crippen LogP contribution in [0.5, 0.6) is 0 Å². The molecule has 5 nitrogen and oxygen atoms in total. The quantitative estimate of drug-likeness (QED) is 0.605. The predicted molar refractivity (Wildman–Crippen MR) is 52.4 cm³/mol. The highest BCUT2D eigenvalue weighted by Crippen LogP contribution is 2.19. The Hall–Kier alpha value is -1.10. The Morgan fingerprint density at radius 2 is 2.29 bits per heavy atom. The smallest absolute Gasteiger partial charge is 0.240 e. The summed E-state index contributed by atoms with van der Waals surface area (Å²) in [5.74, 6) is -0.488. The van der Waals surface area contributed by atoms with Crippen LogP contribution in [0.1, 0.15) is 13.3 Å². The molecule has 0 aromatic rings. The molecular formula is C9H17N3O2. The number of nitrogens with two attached hydrogens (primary N) is 1. The van der Waals surface area contributed by atoms with Crippen molar-refractivity contribution in [1.29, 1.82) is 0 Å². The average molecular weight is 199 g/mol. The number of hydrogen-bond donors (Lipinski definition) is 2. The highest BCUT2D eigenvalue weighted by molar-refractivity contribution is 5.89. The van der Waals surface area contributed by atoms with Crippen LogP contribution in [0.15, 0.2) is 0 Å². The number of likely N-dealkylation sites (tertiary alicyclic amines) is 1. The summed E-state index contributed by atoms with van der Waals surface area (Å²) in [6, 6.07) is -0.373. The molecule has 5 heteroatoms. The molecule has 1 saturated heterocycles. The van der Waals surface area contributed by atoms with Gasteiger partial charge in [0.2, 0.25) is 11.8 Å². The van der Waals surface area contributed by atoms with Crippen molar-refractivity contribution in [3.05, 3.63) is 0 Å². The third-order valence-corrected chi connectivity index (χ3v) is 2.56. The third-order valence-electron chi connectivity index (χ3n) is 2.56. The number of primary amides is 1. The number of carbonyl (C=O) groups is 2. The molecule has 0 bridgehead atoms. The van der Waals surface area contributed by atoms with E-state index in [1.807, 2.05) is 6.92 Å². The van der Waals surface area contributed by atoms with Gasteiger partial charge < -0.3 is 16.0 Å². The van der Waals surface area contributed by atoms with Gasteiger partial charge in [-0.2, -0.15) is 0 Å². The molecule has 0 radical (unpaired) electrons. The summed E-state index contributed by atoms with van der Waals surface area (Å²) in [5, 5.41) is 2.93. The zero-order valence-electron chi connectivity index (χ0n) is 8.62. The fourth-order valence-electron chi connectivity index (χ4n) is 1.62. The van der Waals surface area contributed by atoms with Crippen LogP contribution in [0.2, 0.25) is 0 Å². The lowest BCUT2D eigenvalue weighted by Gasteiger charge is -2.40. The van der Waals surface area contributed by atoms with E-state index in [9.17, 15) is 9.59 Å². The van der Waals surface area contributed by atoms with Crippen molar-refractivity contribution in [3.8, 4) is 0 Å². The monoisotopic (exact) mass is 199 g/mol. The minimum atomic E-state index is -0.402. The molecule has 80 valence electrons. The second-order valence-corrected chi connectivity index (χ2v) is 3.70. The molecule has 2 unspecified atom stereocenters. The van der Waals surface area contributed by atoms with Gasteiger partial charge in [-0.1, -0.05) is 6.92 Å². The Morgan fingerprint density at radius 1 is 1.64 bits per heavy atom. The van der Waals surface area contributed by atoms with Gasteiger partial charge >= 0.3 is 0 Å². The molecule has 0 aromatic heterocycles. The Morgan fingerprint density at radius 3 is 2.64 bits per heavy atom. The van der Waals surface area contributed by atoms with Gasteiger partial charge in [0.05, 0.1) is 0 Å². The minimum Gasteiger partial charge on any atom is -0.368 e. The lowest BCUT2D eigenvalue weighted by Crippen LogP contribution is -2.59. The maximum Gasteiger partial charge on any atom is 0.240 e. The summed E-state index contributed by atoms with van der Waals surface area (Å²) in [6.45, 7) is 3.12. The summed E-state index contributed by atoms with van der Waals surface area (Å²) in [6.07, 6.45) is 0.702.